The van der Waals surface area contributed by atoms with Crippen LogP contribution in [0.5, 0.6) is 11.5 Å². The zero-order valence-electron chi connectivity index (χ0n) is 16.9. The van der Waals surface area contributed by atoms with Gasteiger partial charge in [-0.3, -0.25) is 0 Å². The minimum absolute atomic E-state index is 0.139. The van der Waals surface area contributed by atoms with Crippen molar-refractivity contribution in [1.82, 2.24) is 0 Å². The minimum Gasteiger partial charge on any atom is -0.543 e. The van der Waals surface area contributed by atoms with Crippen LogP contribution in [0.15, 0.2) is 21.9 Å². The van der Waals surface area contributed by atoms with E-state index in [-0.39, 0.29) is 10.1 Å². The summed E-state index contributed by atoms with van der Waals surface area (Å²) < 4.78 is 12.8. The van der Waals surface area contributed by atoms with Gasteiger partial charge >= 0.3 is 0 Å². The predicted molar refractivity (Wildman–Crippen MR) is 117 cm³/mol. The minimum atomic E-state index is -1.91. The van der Waals surface area contributed by atoms with Crippen molar-refractivity contribution < 1.29 is 8.85 Å². The van der Waals surface area contributed by atoms with E-state index in [9.17, 15) is 0 Å². The lowest BCUT2D eigenvalue weighted by Crippen LogP contribution is -2.44. The van der Waals surface area contributed by atoms with Crippen LogP contribution in [0.25, 0.3) is 0 Å². The zero-order chi connectivity index (χ0) is 19.1. The van der Waals surface area contributed by atoms with E-state index in [0.29, 0.717) is 0 Å². The maximum Gasteiger partial charge on any atom is 0.250 e. The third-order valence-electron chi connectivity index (χ3n) is 5.42. The van der Waals surface area contributed by atoms with Gasteiger partial charge in [-0.2, -0.15) is 0 Å². The molecule has 0 fully saturated rings. The molecule has 2 nitrogen and oxygen atoms in total. The lowest BCUT2D eigenvalue weighted by Gasteiger charge is -2.38. The molecule has 0 spiro atoms. The Kier molecular flexibility index (Phi) is 6.35. The average molecular weight is 403 g/mol. The molecular weight excluding hydrogens is 369 g/mol. The van der Waals surface area contributed by atoms with E-state index in [4.69, 9.17) is 8.85 Å². The summed E-state index contributed by atoms with van der Waals surface area (Å²) in [7, 11) is -3.82. The van der Waals surface area contributed by atoms with Crippen LogP contribution >= 0.6 is 25.3 Å². The first-order chi connectivity index (χ1) is 10.5. The van der Waals surface area contributed by atoms with E-state index in [1.165, 1.54) is 0 Å². The molecule has 138 valence electrons. The molecule has 0 heterocycles. The molecule has 0 atom stereocenters. The van der Waals surface area contributed by atoms with Gasteiger partial charge in [0, 0.05) is 0 Å². The maximum absolute atomic E-state index is 6.40. The second-order valence-electron chi connectivity index (χ2n) is 9.48. The van der Waals surface area contributed by atoms with E-state index < -0.39 is 16.6 Å². The molecule has 0 unspecified atom stereocenters. The zero-order valence-corrected chi connectivity index (χ0v) is 20.7. The first-order valence-corrected chi connectivity index (χ1v) is 15.1. The second-order valence-corrected chi connectivity index (χ2v) is 19.8. The van der Waals surface area contributed by atoms with E-state index >= 15 is 0 Å². The Bertz CT molecular complexity index is 547. The van der Waals surface area contributed by atoms with Gasteiger partial charge in [-0.1, -0.05) is 41.5 Å². The monoisotopic (exact) mass is 402 g/mol. The number of benzene rings is 1. The van der Waals surface area contributed by atoms with Gasteiger partial charge in [-0.25, -0.2) is 0 Å². The fourth-order valence-electron chi connectivity index (χ4n) is 1.56. The molecule has 0 bridgehead atoms. The second kappa shape index (κ2) is 6.93. The Morgan fingerprint density at radius 1 is 0.667 bits per heavy atom. The summed E-state index contributed by atoms with van der Waals surface area (Å²) in [5.74, 6) is 1.61. The first-order valence-electron chi connectivity index (χ1n) is 8.42. The SMILES string of the molecule is CC(C)(C)[Si](C)(C)Oc1ccc(O[Si](C)(C)C(C)(C)C)c(S)c1S. The number of hydrogen-bond acceptors (Lipinski definition) is 4. The van der Waals surface area contributed by atoms with Gasteiger partial charge in [-0.05, 0) is 48.4 Å². The Hall–Kier alpha value is -0.0462. The van der Waals surface area contributed by atoms with Crippen molar-refractivity contribution in [3.05, 3.63) is 12.1 Å². The van der Waals surface area contributed by atoms with E-state index in [1.54, 1.807) is 0 Å². The number of rotatable bonds is 4. The molecule has 1 aromatic carbocycles. The number of hydrogen-bond donors (Lipinski definition) is 2. The fraction of sp³-hybridized carbons (Fsp3) is 0.667. The Labute approximate surface area is 161 Å². The van der Waals surface area contributed by atoms with Gasteiger partial charge in [0.1, 0.15) is 11.5 Å². The summed E-state index contributed by atoms with van der Waals surface area (Å²) >= 11 is 9.33. The molecule has 0 aliphatic heterocycles. The van der Waals surface area contributed by atoms with Gasteiger partial charge in [-0.15, -0.1) is 25.3 Å². The van der Waals surface area contributed by atoms with E-state index in [0.717, 1.165) is 21.3 Å². The molecule has 0 N–H and O–H groups in total. The number of thiol groups is 2. The van der Waals surface area contributed by atoms with Gasteiger partial charge in [0.05, 0.1) is 9.79 Å². The molecule has 6 heteroatoms. The van der Waals surface area contributed by atoms with Crippen LogP contribution in [0.2, 0.25) is 36.3 Å². The molecule has 0 aliphatic carbocycles. The van der Waals surface area contributed by atoms with Crippen LogP contribution in [0.1, 0.15) is 41.5 Å². The van der Waals surface area contributed by atoms with Crippen LogP contribution in [0.3, 0.4) is 0 Å². The van der Waals surface area contributed by atoms with Crippen LogP contribution < -0.4 is 8.85 Å². The van der Waals surface area contributed by atoms with Crippen LogP contribution in [0.4, 0.5) is 0 Å². The molecule has 0 radical (unpaired) electrons. The largest absolute Gasteiger partial charge is 0.543 e. The van der Waals surface area contributed by atoms with Gasteiger partial charge in [0.2, 0.25) is 0 Å². The van der Waals surface area contributed by atoms with Crippen LogP contribution in [0, 0.1) is 0 Å². The molecule has 1 aromatic rings. The highest BCUT2D eigenvalue weighted by Gasteiger charge is 2.41. The summed E-state index contributed by atoms with van der Waals surface area (Å²) in [5.41, 5.74) is 0. The van der Waals surface area contributed by atoms with Crippen LogP contribution in [-0.2, 0) is 0 Å². The quantitative estimate of drug-likeness (QED) is 0.416. The molecule has 0 saturated carbocycles. The highest BCUT2D eigenvalue weighted by Crippen LogP contribution is 2.44. The van der Waals surface area contributed by atoms with Gasteiger partial charge < -0.3 is 8.85 Å². The van der Waals surface area contributed by atoms with Gasteiger partial charge in [0.15, 0.2) is 0 Å². The Morgan fingerprint density at radius 3 is 1.12 bits per heavy atom. The molecule has 1 rings (SSSR count). The third kappa shape index (κ3) is 4.77. The van der Waals surface area contributed by atoms with E-state index in [2.05, 4.69) is 93.0 Å². The lowest BCUT2D eigenvalue weighted by molar-refractivity contribution is 0.464. The lowest BCUT2D eigenvalue weighted by atomic mass is 10.2. The smallest absolute Gasteiger partial charge is 0.250 e. The highest BCUT2D eigenvalue weighted by atomic mass is 32.1. The van der Waals surface area contributed by atoms with Crippen molar-refractivity contribution in [2.24, 2.45) is 0 Å². The standard InChI is InChI=1S/C18H34O2S2Si2/c1-17(2,3)23(7,8)19-13-11-12-14(16(22)15(13)21)20-24(9,10)18(4,5)6/h11-12,21-22H,1-10H3. The maximum atomic E-state index is 6.40. The predicted octanol–water partition coefficient (Wildman–Crippen LogP) is 7.03. The summed E-state index contributed by atoms with van der Waals surface area (Å²) in [6, 6.07) is 3.95. The van der Waals surface area contributed by atoms with Crippen molar-refractivity contribution in [3.8, 4) is 11.5 Å². The summed E-state index contributed by atoms with van der Waals surface area (Å²) in [6.07, 6.45) is 0. The molecule has 0 amide bonds. The normalized spacial score (nSPS) is 13.8. The fourth-order valence-corrected chi connectivity index (χ4v) is 4.25. The molecule has 0 aromatic heterocycles. The molecular formula is C18H34O2S2Si2. The summed E-state index contributed by atoms with van der Waals surface area (Å²) in [5, 5.41) is 0.278. The van der Waals surface area contributed by atoms with Gasteiger partial charge in [0.25, 0.3) is 16.6 Å². The van der Waals surface area contributed by atoms with Crippen molar-refractivity contribution in [2.75, 3.05) is 0 Å². The van der Waals surface area contributed by atoms with Crippen molar-refractivity contribution in [2.45, 2.75) is 87.6 Å². The molecule has 0 saturated heterocycles. The molecule has 24 heavy (non-hydrogen) atoms. The summed E-state index contributed by atoms with van der Waals surface area (Å²) in [4.78, 5) is 1.53. The van der Waals surface area contributed by atoms with Crippen molar-refractivity contribution in [1.29, 1.82) is 0 Å². The Morgan fingerprint density at radius 2 is 0.917 bits per heavy atom. The summed E-state index contributed by atoms with van der Waals surface area (Å²) in [6.45, 7) is 22.3. The van der Waals surface area contributed by atoms with Crippen molar-refractivity contribution >= 4 is 41.9 Å². The third-order valence-corrected chi connectivity index (χ3v) is 15.2. The van der Waals surface area contributed by atoms with Crippen LogP contribution in [-0.4, -0.2) is 16.6 Å². The van der Waals surface area contributed by atoms with E-state index in [1.807, 2.05) is 12.1 Å². The molecule has 0 aliphatic rings. The highest BCUT2D eigenvalue weighted by molar-refractivity contribution is 7.83. The average Bonchev–Trinajstić information content (AvgIpc) is 2.35. The van der Waals surface area contributed by atoms with Crippen molar-refractivity contribution in [3.63, 3.8) is 0 Å². The first kappa shape index (κ1) is 22.0. The topological polar surface area (TPSA) is 18.5 Å². The Balaban J connectivity index is 3.16.